The summed E-state index contributed by atoms with van der Waals surface area (Å²) in [6, 6.07) is 8.95. The number of thiazole rings is 2. The molecule has 3 N–H and O–H groups in total. The van der Waals surface area contributed by atoms with Gasteiger partial charge in [-0.3, -0.25) is 23.9 Å². The third-order valence-electron chi connectivity index (χ3n) is 8.13. The first kappa shape index (κ1) is 35.9. The van der Waals surface area contributed by atoms with Crippen molar-refractivity contribution in [1.82, 2.24) is 40.6 Å². The Balaban J connectivity index is 1.36. The number of nitrogens with zero attached hydrogens (tertiary/aromatic N) is 5. The fourth-order valence-corrected chi connectivity index (χ4v) is 7.37. The van der Waals surface area contributed by atoms with Gasteiger partial charge >= 0.3 is 0 Å². The molecular formula is C35H44N8O4S2. The molecule has 4 bridgehead atoms. The number of benzene rings is 1. The van der Waals surface area contributed by atoms with Gasteiger partial charge in [0.1, 0.15) is 21.4 Å². The Hall–Kier alpha value is -4.43. The Morgan fingerprint density at radius 3 is 2.33 bits per heavy atom. The Labute approximate surface area is 294 Å². The fraction of sp³-hybridized carbons (Fsp3) is 0.457. The molecule has 0 radical (unpaired) electrons. The van der Waals surface area contributed by atoms with Gasteiger partial charge in [0, 0.05) is 56.0 Å². The molecule has 0 fully saturated rings. The van der Waals surface area contributed by atoms with E-state index in [-0.39, 0.29) is 59.8 Å². The molecule has 0 aliphatic carbocycles. The van der Waals surface area contributed by atoms with E-state index < -0.39 is 6.04 Å². The lowest BCUT2D eigenvalue weighted by Gasteiger charge is -2.23. The predicted octanol–water partition coefficient (Wildman–Crippen LogP) is 4.85. The standard InChI is InChI=1S/C35H44N8O4S2/c1-23(2)17-26-34-41-29(22-49-34)33(47)39-27(18-25-9-5-4-6-10-25)35-40-28(21-48-35)32(46)36-13-8-15-42(14-7-11-30(44)38-26)31(45)12-16-43-20-24(3)19-37-43/h4-6,9-10,19-23,26-27H,7-8,11-18H2,1-3H3,(H,36,46)(H,38,44)(H,39,47)/t26-,27-/m0/s1. The number of carbonyl (C=O) groups is 4. The normalized spacial score (nSPS) is 18.4. The van der Waals surface area contributed by atoms with Crippen molar-refractivity contribution in [2.75, 3.05) is 19.6 Å². The van der Waals surface area contributed by atoms with Gasteiger partial charge < -0.3 is 20.9 Å². The lowest BCUT2D eigenvalue weighted by molar-refractivity contribution is -0.132. The average molecular weight is 705 g/mol. The van der Waals surface area contributed by atoms with Crippen LogP contribution in [0.25, 0.3) is 0 Å². The van der Waals surface area contributed by atoms with Crippen LogP contribution in [0.4, 0.5) is 0 Å². The quantitative estimate of drug-likeness (QED) is 0.249. The van der Waals surface area contributed by atoms with Crippen LogP contribution in [-0.2, 0) is 22.6 Å². The predicted molar refractivity (Wildman–Crippen MR) is 189 cm³/mol. The second kappa shape index (κ2) is 17.3. The summed E-state index contributed by atoms with van der Waals surface area (Å²) in [7, 11) is 0. The number of amides is 4. The maximum atomic E-state index is 13.5. The first-order valence-electron chi connectivity index (χ1n) is 16.7. The van der Waals surface area contributed by atoms with Crippen LogP contribution in [0, 0.1) is 12.8 Å². The Morgan fingerprint density at radius 2 is 1.63 bits per heavy atom. The molecule has 4 amide bonds. The summed E-state index contributed by atoms with van der Waals surface area (Å²) < 4.78 is 1.75. The van der Waals surface area contributed by atoms with Crippen LogP contribution in [0.2, 0.25) is 0 Å². The van der Waals surface area contributed by atoms with Crippen LogP contribution in [0.15, 0.2) is 53.5 Å². The van der Waals surface area contributed by atoms with E-state index in [0.29, 0.717) is 61.9 Å². The van der Waals surface area contributed by atoms with Crippen molar-refractivity contribution >= 4 is 46.3 Å². The molecule has 3 aromatic heterocycles. The van der Waals surface area contributed by atoms with Crippen LogP contribution >= 0.6 is 22.7 Å². The minimum absolute atomic E-state index is 0.0305. The molecule has 4 aromatic rings. The third kappa shape index (κ3) is 10.5. The van der Waals surface area contributed by atoms with E-state index in [1.807, 2.05) is 43.5 Å². The SMILES string of the molecule is Cc1cnn(CCC(=O)N2CCCNC(=O)c3csc(n3)[C@H](Cc3ccccc3)NC(=O)c3csc(n3)[C@H](CC(C)C)NC(=O)CCC2)c1. The molecule has 49 heavy (non-hydrogen) atoms. The summed E-state index contributed by atoms with van der Waals surface area (Å²) in [6.45, 7) is 7.77. The van der Waals surface area contributed by atoms with Crippen molar-refractivity contribution < 1.29 is 19.2 Å². The number of carbonyl (C=O) groups excluding carboxylic acids is 4. The van der Waals surface area contributed by atoms with E-state index in [4.69, 9.17) is 0 Å². The molecule has 260 valence electrons. The second-order valence-corrected chi connectivity index (χ2v) is 14.5. The smallest absolute Gasteiger partial charge is 0.271 e. The van der Waals surface area contributed by atoms with Gasteiger partial charge in [-0.05, 0) is 49.7 Å². The maximum Gasteiger partial charge on any atom is 0.271 e. The van der Waals surface area contributed by atoms with Crippen molar-refractivity contribution in [3.8, 4) is 0 Å². The van der Waals surface area contributed by atoms with E-state index in [9.17, 15) is 19.2 Å². The molecule has 0 saturated heterocycles. The van der Waals surface area contributed by atoms with Gasteiger partial charge in [-0.1, -0.05) is 44.2 Å². The first-order valence-corrected chi connectivity index (χ1v) is 18.5. The lowest BCUT2D eigenvalue weighted by atomic mass is 10.0. The summed E-state index contributed by atoms with van der Waals surface area (Å²) >= 11 is 2.66. The van der Waals surface area contributed by atoms with Gasteiger partial charge in [0.2, 0.25) is 11.8 Å². The van der Waals surface area contributed by atoms with Gasteiger partial charge in [0.15, 0.2) is 0 Å². The average Bonchev–Trinajstić information content (AvgIpc) is 3.85. The monoisotopic (exact) mass is 704 g/mol. The summed E-state index contributed by atoms with van der Waals surface area (Å²) in [5, 5.41) is 18.1. The first-order chi connectivity index (χ1) is 23.6. The summed E-state index contributed by atoms with van der Waals surface area (Å²) in [6.07, 6.45) is 6.34. The van der Waals surface area contributed by atoms with Gasteiger partial charge in [0.25, 0.3) is 11.8 Å². The van der Waals surface area contributed by atoms with E-state index in [1.54, 1.807) is 26.5 Å². The molecule has 5 rings (SSSR count). The van der Waals surface area contributed by atoms with Gasteiger partial charge in [-0.15, -0.1) is 22.7 Å². The molecular weight excluding hydrogens is 661 g/mol. The molecule has 0 unspecified atom stereocenters. The summed E-state index contributed by atoms with van der Waals surface area (Å²) in [4.78, 5) is 64.2. The highest BCUT2D eigenvalue weighted by Crippen LogP contribution is 2.27. The van der Waals surface area contributed by atoms with Crippen molar-refractivity contribution in [3.05, 3.63) is 86.0 Å². The third-order valence-corrected chi connectivity index (χ3v) is 10.0. The number of hydrogen-bond donors (Lipinski definition) is 3. The zero-order valence-corrected chi connectivity index (χ0v) is 29.8. The van der Waals surface area contributed by atoms with Crippen molar-refractivity contribution in [2.24, 2.45) is 5.92 Å². The number of fused-ring (bicyclic) bond motifs is 4. The van der Waals surface area contributed by atoms with Crippen molar-refractivity contribution in [2.45, 2.75) is 77.9 Å². The maximum absolute atomic E-state index is 13.5. The fourth-order valence-electron chi connectivity index (χ4n) is 5.66. The topological polar surface area (TPSA) is 151 Å². The van der Waals surface area contributed by atoms with E-state index in [0.717, 1.165) is 11.1 Å². The number of aromatic nitrogens is 4. The van der Waals surface area contributed by atoms with Crippen LogP contribution < -0.4 is 16.0 Å². The molecule has 14 heteroatoms. The van der Waals surface area contributed by atoms with Crippen LogP contribution in [0.3, 0.4) is 0 Å². The largest absolute Gasteiger partial charge is 0.351 e. The van der Waals surface area contributed by atoms with Gasteiger partial charge in [0.05, 0.1) is 18.3 Å². The zero-order chi connectivity index (χ0) is 34.8. The number of rotatable bonds is 7. The van der Waals surface area contributed by atoms with Gasteiger partial charge in [-0.25, -0.2) is 9.97 Å². The minimum atomic E-state index is -0.489. The molecule has 0 spiro atoms. The highest BCUT2D eigenvalue weighted by molar-refractivity contribution is 7.10. The van der Waals surface area contributed by atoms with Crippen LogP contribution in [-0.4, -0.2) is 67.9 Å². The van der Waals surface area contributed by atoms with Crippen molar-refractivity contribution in [3.63, 3.8) is 0 Å². The van der Waals surface area contributed by atoms with E-state index in [2.05, 4.69) is 44.9 Å². The molecule has 4 heterocycles. The van der Waals surface area contributed by atoms with E-state index in [1.165, 1.54) is 22.7 Å². The highest BCUT2D eigenvalue weighted by Gasteiger charge is 2.25. The summed E-state index contributed by atoms with van der Waals surface area (Å²) in [5.41, 5.74) is 2.58. The van der Waals surface area contributed by atoms with Crippen LogP contribution in [0.1, 0.15) is 100 Å². The molecule has 2 atom stereocenters. The van der Waals surface area contributed by atoms with Crippen molar-refractivity contribution in [1.29, 1.82) is 0 Å². The molecule has 1 aliphatic rings. The summed E-state index contributed by atoms with van der Waals surface area (Å²) in [5.74, 6) is -0.554. The number of nitrogens with one attached hydrogen (secondary N) is 3. The van der Waals surface area contributed by atoms with Crippen LogP contribution in [0.5, 0.6) is 0 Å². The Morgan fingerprint density at radius 1 is 0.939 bits per heavy atom. The highest BCUT2D eigenvalue weighted by atomic mass is 32.1. The molecule has 0 saturated carbocycles. The molecule has 1 aromatic carbocycles. The van der Waals surface area contributed by atoms with E-state index >= 15 is 0 Å². The Kier molecular flexibility index (Phi) is 12.7. The minimum Gasteiger partial charge on any atom is -0.351 e. The second-order valence-electron chi connectivity index (χ2n) is 12.7. The number of hydrogen-bond acceptors (Lipinski definition) is 9. The molecule has 1 aliphatic heterocycles. The molecule has 12 nitrogen and oxygen atoms in total. The lowest BCUT2D eigenvalue weighted by Crippen LogP contribution is -2.36. The zero-order valence-electron chi connectivity index (χ0n) is 28.2. The van der Waals surface area contributed by atoms with Gasteiger partial charge in [-0.2, -0.15) is 5.10 Å². The Bertz CT molecular complexity index is 1720. The number of aryl methyl sites for hydroxylation is 2.